The Kier molecular flexibility index (Phi) is 10.2. The van der Waals surface area contributed by atoms with Crippen molar-refractivity contribution >= 4 is 29.2 Å². The van der Waals surface area contributed by atoms with Gasteiger partial charge in [0.05, 0.1) is 12.1 Å². The van der Waals surface area contributed by atoms with Crippen LogP contribution in [0.2, 0.25) is 0 Å². The Morgan fingerprint density at radius 2 is 1.84 bits per heavy atom. The van der Waals surface area contributed by atoms with Gasteiger partial charge in [0.2, 0.25) is 5.91 Å². The van der Waals surface area contributed by atoms with E-state index in [1.54, 1.807) is 0 Å². The second-order valence-corrected chi connectivity index (χ2v) is 10.9. The topological polar surface area (TPSA) is 96.7 Å². The third-order valence-corrected chi connectivity index (χ3v) is 7.29. The van der Waals surface area contributed by atoms with Crippen LogP contribution in [-0.4, -0.2) is 59.2 Å². The van der Waals surface area contributed by atoms with E-state index in [1.165, 1.54) is 0 Å². The van der Waals surface area contributed by atoms with E-state index in [4.69, 9.17) is 22.7 Å². The van der Waals surface area contributed by atoms with Crippen molar-refractivity contribution in [3.05, 3.63) is 0 Å². The molecule has 0 aromatic carbocycles. The molecule has 0 unspecified atom stereocenters. The summed E-state index contributed by atoms with van der Waals surface area (Å²) in [7, 11) is 0. The molecule has 1 saturated carbocycles. The summed E-state index contributed by atoms with van der Waals surface area (Å²) in [6.07, 6.45) is 7.10. The fraction of sp³-hybridized carbons (Fsp3) is 0.875. The molecule has 4 N–H and O–H groups in total. The van der Waals surface area contributed by atoms with Crippen molar-refractivity contribution in [2.45, 2.75) is 110 Å². The highest BCUT2D eigenvalue weighted by molar-refractivity contribution is 7.80. The van der Waals surface area contributed by atoms with Gasteiger partial charge in [-0.25, -0.2) is 4.79 Å². The minimum atomic E-state index is -0.466. The summed E-state index contributed by atoms with van der Waals surface area (Å²) in [6, 6.07) is -0.351. The molecule has 0 radical (unpaired) electrons. The monoisotopic (exact) mass is 468 g/mol. The molecule has 2 rings (SSSR count). The third kappa shape index (κ3) is 7.58. The van der Waals surface area contributed by atoms with E-state index in [9.17, 15) is 9.59 Å². The molecule has 184 valence electrons. The lowest BCUT2D eigenvalue weighted by atomic mass is 9.79. The predicted molar refractivity (Wildman–Crippen MR) is 132 cm³/mol. The molecule has 1 saturated heterocycles. The van der Waals surface area contributed by atoms with E-state index in [2.05, 4.69) is 31.4 Å². The molecule has 1 heterocycles. The quantitative estimate of drug-likeness (QED) is 0.446. The molecule has 2 aliphatic rings. The number of likely N-dealkylation sites (tertiary alicyclic amines) is 1. The van der Waals surface area contributed by atoms with Crippen LogP contribution < -0.4 is 16.4 Å². The molecule has 8 heteroatoms. The highest BCUT2D eigenvalue weighted by atomic mass is 32.1. The number of carbonyl (C=O) groups is 2. The van der Waals surface area contributed by atoms with Gasteiger partial charge in [0.1, 0.15) is 11.0 Å². The minimum Gasteiger partial charge on any atom is -0.447 e. The minimum absolute atomic E-state index is 0.0385. The maximum absolute atomic E-state index is 13.1. The van der Waals surface area contributed by atoms with Gasteiger partial charge < -0.3 is 26.0 Å². The Bertz CT molecular complexity index is 647. The van der Waals surface area contributed by atoms with E-state index in [0.717, 1.165) is 57.9 Å². The maximum Gasteiger partial charge on any atom is 0.407 e. The van der Waals surface area contributed by atoms with E-state index in [-0.39, 0.29) is 29.5 Å². The SMILES string of the molecule is CCCC(C)(C)[C@H](NC(=O)OC(C)C)C(=S)N1CCC[C@H]1C(=O)NCC1CCC(N)CC1. The molecular weight excluding hydrogens is 424 g/mol. The normalized spacial score (nSPS) is 24.8. The van der Waals surface area contributed by atoms with Crippen molar-refractivity contribution in [2.75, 3.05) is 13.1 Å². The van der Waals surface area contributed by atoms with Crippen LogP contribution in [0.15, 0.2) is 0 Å². The molecule has 2 amide bonds. The van der Waals surface area contributed by atoms with Crippen LogP contribution in [0.25, 0.3) is 0 Å². The van der Waals surface area contributed by atoms with Crippen LogP contribution in [0.5, 0.6) is 0 Å². The zero-order valence-electron chi connectivity index (χ0n) is 20.6. The average Bonchev–Trinajstić information content (AvgIpc) is 3.20. The van der Waals surface area contributed by atoms with Crippen molar-refractivity contribution < 1.29 is 14.3 Å². The number of thiocarbonyl (C=S) groups is 1. The first-order chi connectivity index (χ1) is 15.0. The Labute approximate surface area is 199 Å². The zero-order valence-corrected chi connectivity index (χ0v) is 21.4. The van der Waals surface area contributed by atoms with Crippen LogP contribution in [0.1, 0.15) is 86.0 Å². The van der Waals surface area contributed by atoms with E-state index >= 15 is 0 Å². The summed E-state index contributed by atoms with van der Waals surface area (Å²) in [5.74, 6) is 0.542. The van der Waals surface area contributed by atoms with Crippen molar-refractivity contribution in [3.63, 3.8) is 0 Å². The average molecular weight is 469 g/mol. The van der Waals surface area contributed by atoms with Gasteiger partial charge in [-0.3, -0.25) is 4.79 Å². The molecule has 32 heavy (non-hydrogen) atoms. The Hall–Kier alpha value is -1.41. The molecule has 0 aromatic rings. The van der Waals surface area contributed by atoms with Crippen LogP contribution in [-0.2, 0) is 9.53 Å². The van der Waals surface area contributed by atoms with Crippen molar-refractivity contribution in [1.29, 1.82) is 0 Å². The molecule has 1 aliphatic carbocycles. The van der Waals surface area contributed by atoms with Gasteiger partial charge in [-0.05, 0) is 70.1 Å². The van der Waals surface area contributed by atoms with Crippen LogP contribution in [0.3, 0.4) is 0 Å². The van der Waals surface area contributed by atoms with E-state index in [1.807, 2.05) is 18.7 Å². The number of alkyl carbamates (subject to hydrolysis) is 1. The Morgan fingerprint density at radius 1 is 1.19 bits per heavy atom. The number of hydrogen-bond donors (Lipinski definition) is 3. The first kappa shape index (κ1) is 26.8. The molecule has 1 aliphatic heterocycles. The van der Waals surface area contributed by atoms with Gasteiger partial charge in [-0.1, -0.05) is 39.4 Å². The highest BCUT2D eigenvalue weighted by Crippen LogP contribution is 2.31. The summed E-state index contributed by atoms with van der Waals surface area (Å²) in [4.78, 5) is 28.2. The molecule has 2 fully saturated rings. The van der Waals surface area contributed by atoms with Gasteiger partial charge in [-0.15, -0.1) is 0 Å². The molecule has 2 atom stereocenters. The first-order valence-corrected chi connectivity index (χ1v) is 12.8. The second-order valence-electron chi connectivity index (χ2n) is 10.5. The van der Waals surface area contributed by atoms with Crippen LogP contribution in [0.4, 0.5) is 4.79 Å². The fourth-order valence-electron chi connectivity index (χ4n) is 4.97. The van der Waals surface area contributed by atoms with Crippen molar-refractivity contribution in [1.82, 2.24) is 15.5 Å². The number of ether oxygens (including phenoxy) is 1. The predicted octanol–water partition coefficient (Wildman–Crippen LogP) is 3.74. The number of carbonyl (C=O) groups excluding carboxylic acids is 2. The van der Waals surface area contributed by atoms with Gasteiger partial charge in [0.25, 0.3) is 0 Å². The van der Waals surface area contributed by atoms with Crippen LogP contribution >= 0.6 is 12.2 Å². The number of rotatable bonds is 9. The molecule has 0 bridgehead atoms. The maximum atomic E-state index is 13.1. The van der Waals surface area contributed by atoms with E-state index in [0.29, 0.717) is 23.5 Å². The summed E-state index contributed by atoms with van der Waals surface area (Å²) < 4.78 is 5.34. The van der Waals surface area contributed by atoms with Crippen molar-refractivity contribution in [2.24, 2.45) is 17.1 Å². The third-order valence-electron chi connectivity index (χ3n) is 6.82. The number of amides is 2. The van der Waals surface area contributed by atoms with Gasteiger partial charge in [0.15, 0.2) is 0 Å². The smallest absolute Gasteiger partial charge is 0.407 e. The van der Waals surface area contributed by atoms with Gasteiger partial charge in [-0.2, -0.15) is 0 Å². The lowest BCUT2D eigenvalue weighted by molar-refractivity contribution is -0.124. The fourth-order valence-corrected chi connectivity index (χ4v) is 5.57. The molecule has 0 aromatic heterocycles. The second kappa shape index (κ2) is 12.2. The number of hydrogen-bond acceptors (Lipinski definition) is 5. The van der Waals surface area contributed by atoms with Gasteiger partial charge >= 0.3 is 6.09 Å². The molecule has 7 nitrogen and oxygen atoms in total. The summed E-state index contributed by atoms with van der Waals surface area (Å²) in [6.45, 7) is 11.4. The van der Waals surface area contributed by atoms with E-state index < -0.39 is 6.09 Å². The van der Waals surface area contributed by atoms with Crippen molar-refractivity contribution in [3.8, 4) is 0 Å². The lowest BCUT2D eigenvalue weighted by Gasteiger charge is -2.39. The number of nitrogens with two attached hydrogens (primary N) is 1. The first-order valence-electron chi connectivity index (χ1n) is 12.4. The highest BCUT2D eigenvalue weighted by Gasteiger charge is 2.41. The summed E-state index contributed by atoms with van der Waals surface area (Å²) >= 11 is 5.91. The Balaban J connectivity index is 2.06. The summed E-state index contributed by atoms with van der Waals surface area (Å²) in [5, 5.41) is 6.18. The zero-order chi connectivity index (χ0) is 23.9. The molecular formula is C24H44N4O3S. The number of nitrogens with zero attached hydrogens (tertiary/aromatic N) is 1. The number of nitrogens with one attached hydrogen (secondary N) is 2. The Morgan fingerprint density at radius 3 is 2.44 bits per heavy atom. The summed E-state index contributed by atoms with van der Waals surface area (Å²) in [5.41, 5.74) is 5.74. The largest absolute Gasteiger partial charge is 0.447 e. The lowest BCUT2D eigenvalue weighted by Crippen LogP contribution is -2.58. The molecule has 0 spiro atoms. The van der Waals surface area contributed by atoms with Gasteiger partial charge in [0, 0.05) is 19.1 Å². The standard InChI is InChI=1S/C24H44N4O3S/c1-6-13-24(4,5)20(27-23(30)31-16(2)3)22(32)28-14-7-8-19(28)21(29)26-15-17-9-11-18(25)12-10-17/h16-20H,6-15,25H2,1-5H3,(H,26,29)(H,27,30)/t17?,18?,19-,20+/m0/s1. The van der Waals surface area contributed by atoms with Crippen LogP contribution in [0, 0.1) is 11.3 Å².